The van der Waals surface area contributed by atoms with Crippen LogP contribution in [0.4, 0.5) is 0 Å². The van der Waals surface area contributed by atoms with Crippen LogP contribution >= 0.6 is 0 Å². The van der Waals surface area contributed by atoms with Crippen molar-refractivity contribution in [3.8, 4) is 0 Å². The van der Waals surface area contributed by atoms with E-state index in [1.807, 2.05) is 30.3 Å². The van der Waals surface area contributed by atoms with Gasteiger partial charge in [0.1, 0.15) is 0 Å². The molecule has 3 heteroatoms. The van der Waals surface area contributed by atoms with E-state index in [-0.39, 0.29) is 5.78 Å². The van der Waals surface area contributed by atoms with Gasteiger partial charge in [0.2, 0.25) is 0 Å². The molecule has 0 unspecified atom stereocenters. The zero-order chi connectivity index (χ0) is 14.4. The molecule has 0 heterocycles. The van der Waals surface area contributed by atoms with Crippen LogP contribution in [-0.2, 0) is 11.2 Å². The first-order valence-electron chi connectivity index (χ1n) is 6.23. The quantitative estimate of drug-likeness (QED) is 0.668. The van der Waals surface area contributed by atoms with Crippen LogP contribution in [-0.4, -0.2) is 16.9 Å². The predicted octanol–water partition coefficient (Wildman–Crippen LogP) is 3.10. The fourth-order valence-corrected chi connectivity index (χ4v) is 1.86. The van der Waals surface area contributed by atoms with Gasteiger partial charge < -0.3 is 5.11 Å². The van der Waals surface area contributed by atoms with E-state index in [9.17, 15) is 9.59 Å². The Morgan fingerprint density at radius 1 is 0.850 bits per heavy atom. The first-order chi connectivity index (χ1) is 9.65. The number of carboxylic acids is 1. The Kier molecular flexibility index (Phi) is 4.45. The van der Waals surface area contributed by atoms with Crippen molar-refractivity contribution >= 4 is 11.8 Å². The summed E-state index contributed by atoms with van der Waals surface area (Å²) in [6.45, 7) is 0. The van der Waals surface area contributed by atoms with Crippen LogP contribution in [0.2, 0.25) is 0 Å². The molecule has 20 heavy (non-hydrogen) atoms. The summed E-state index contributed by atoms with van der Waals surface area (Å²) in [6, 6.07) is 17.3. The van der Waals surface area contributed by atoms with Gasteiger partial charge in [0.05, 0.1) is 0 Å². The smallest absolute Gasteiger partial charge is 0.328 e. The zero-order valence-corrected chi connectivity index (χ0v) is 10.8. The minimum absolute atomic E-state index is 0.307. The van der Waals surface area contributed by atoms with Gasteiger partial charge in [-0.2, -0.15) is 0 Å². The van der Waals surface area contributed by atoms with Crippen molar-refractivity contribution in [1.29, 1.82) is 0 Å². The predicted molar refractivity (Wildman–Crippen MR) is 76.8 cm³/mol. The minimum atomic E-state index is -1.13. The molecule has 2 aromatic carbocycles. The van der Waals surface area contributed by atoms with Crippen molar-refractivity contribution in [3.63, 3.8) is 0 Å². The van der Waals surface area contributed by atoms with Gasteiger partial charge in [0, 0.05) is 11.6 Å². The number of aliphatic carboxylic acids is 1. The van der Waals surface area contributed by atoms with Gasteiger partial charge in [-0.3, -0.25) is 4.79 Å². The van der Waals surface area contributed by atoms with Gasteiger partial charge >= 0.3 is 5.97 Å². The van der Waals surface area contributed by atoms with Gasteiger partial charge in [-0.05, 0) is 23.6 Å². The largest absolute Gasteiger partial charge is 0.478 e. The van der Waals surface area contributed by atoms with Gasteiger partial charge in [-0.1, -0.05) is 54.6 Å². The van der Waals surface area contributed by atoms with Crippen LogP contribution in [0.3, 0.4) is 0 Å². The van der Waals surface area contributed by atoms with E-state index in [2.05, 4.69) is 12.1 Å². The molecule has 0 aliphatic carbocycles. The Morgan fingerprint density at radius 3 is 2.05 bits per heavy atom. The molecular formula is C17H14O3. The fraction of sp³-hybridized carbons (Fsp3) is 0.0588. The lowest BCUT2D eigenvalue weighted by Gasteiger charge is -2.02. The van der Waals surface area contributed by atoms with E-state index in [0.717, 1.165) is 24.1 Å². The second kappa shape index (κ2) is 6.48. The van der Waals surface area contributed by atoms with Crippen molar-refractivity contribution in [1.82, 2.24) is 0 Å². The highest BCUT2D eigenvalue weighted by atomic mass is 16.4. The van der Waals surface area contributed by atoms with E-state index >= 15 is 0 Å². The summed E-state index contributed by atoms with van der Waals surface area (Å²) >= 11 is 0. The monoisotopic (exact) mass is 266 g/mol. The number of benzene rings is 2. The topological polar surface area (TPSA) is 54.4 Å². The molecule has 3 nitrogen and oxygen atoms in total. The van der Waals surface area contributed by atoms with Crippen LogP contribution < -0.4 is 0 Å². The van der Waals surface area contributed by atoms with Gasteiger partial charge in [0.25, 0.3) is 0 Å². The highest BCUT2D eigenvalue weighted by Crippen LogP contribution is 2.11. The number of allylic oxidation sites excluding steroid dienone is 1. The Morgan fingerprint density at radius 2 is 1.45 bits per heavy atom. The van der Waals surface area contributed by atoms with E-state index in [4.69, 9.17) is 5.11 Å². The van der Waals surface area contributed by atoms with Gasteiger partial charge in [0.15, 0.2) is 5.78 Å². The maximum Gasteiger partial charge on any atom is 0.328 e. The summed E-state index contributed by atoms with van der Waals surface area (Å²) in [5, 5.41) is 8.48. The molecule has 0 aromatic heterocycles. The summed E-state index contributed by atoms with van der Waals surface area (Å²) in [5.41, 5.74) is 2.80. The molecule has 0 radical (unpaired) electrons. The Bertz CT molecular complexity index is 625. The molecule has 0 bridgehead atoms. The van der Waals surface area contributed by atoms with E-state index < -0.39 is 5.97 Å². The SMILES string of the molecule is O=C(O)/C=C/C(=O)c1ccc(Cc2ccccc2)cc1. The van der Waals surface area contributed by atoms with Crippen LogP contribution in [0, 0.1) is 0 Å². The number of hydrogen-bond donors (Lipinski definition) is 1. The van der Waals surface area contributed by atoms with Crippen molar-refractivity contribution in [2.75, 3.05) is 0 Å². The molecule has 2 aromatic rings. The maximum atomic E-state index is 11.7. The fourth-order valence-electron chi connectivity index (χ4n) is 1.86. The first kappa shape index (κ1) is 13.7. The standard InChI is InChI=1S/C17H14O3/c18-16(10-11-17(19)20)15-8-6-14(7-9-15)12-13-4-2-1-3-5-13/h1-11H,12H2,(H,19,20)/b11-10+. The van der Waals surface area contributed by atoms with Crippen molar-refractivity contribution < 1.29 is 14.7 Å². The molecule has 100 valence electrons. The van der Waals surface area contributed by atoms with Crippen LogP contribution in [0.25, 0.3) is 0 Å². The number of carboxylic acid groups (broad SMARTS) is 1. The molecule has 0 atom stereocenters. The number of carbonyl (C=O) groups excluding carboxylic acids is 1. The maximum absolute atomic E-state index is 11.7. The highest BCUT2D eigenvalue weighted by Gasteiger charge is 2.03. The van der Waals surface area contributed by atoms with Crippen LogP contribution in [0.5, 0.6) is 0 Å². The molecule has 0 fully saturated rings. The second-order valence-corrected chi connectivity index (χ2v) is 4.40. The Balaban J connectivity index is 2.07. The van der Waals surface area contributed by atoms with E-state index in [1.165, 1.54) is 5.56 Å². The number of hydrogen-bond acceptors (Lipinski definition) is 2. The Labute approximate surface area is 117 Å². The number of carbonyl (C=O) groups is 2. The highest BCUT2D eigenvalue weighted by molar-refractivity contribution is 6.06. The molecule has 1 N–H and O–H groups in total. The molecular weight excluding hydrogens is 252 g/mol. The van der Waals surface area contributed by atoms with E-state index in [1.54, 1.807) is 12.1 Å². The molecule has 0 saturated carbocycles. The molecule has 2 rings (SSSR count). The Hall–Kier alpha value is -2.68. The molecule has 0 aliphatic rings. The lowest BCUT2D eigenvalue weighted by atomic mass is 10.0. The average Bonchev–Trinajstić information content (AvgIpc) is 2.46. The van der Waals surface area contributed by atoms with Crippen LogP contribution in [0.1, 0.15) is 21.5 Å². The average molecular weight is 266 g/mol. The summed E-state index contributed by atoms with van der Waals surface area (Å²) in [7, 11) is 0. The molecule has 0 saturated heterocycles. The lowest BCUT2D eigenvalue weighted by Crippen LogP contribution is -1.97. The molecule has 0 amide bonds. The normalized spacial score (nSPS) is 10.6. The second-order valence-electron chi connectivity index (χ2n) is 4.40. The van der Waals surface area contributed by atoms with E-state index in [0.29, 0.717) is 5.56 Å². The summed E-state index contributed by atoms with van der Waals surface area (Å²) in [4.78, 5) is 22.0. The van der Waals surface area contributed by atoms with Gasteiger partial charge in [-0.25, -0.2) is 4.79 Å². The van der Waals surface area contributed by atoms with Crippen molar-refractivity contribution in [2.45, 2.75) is 6.42 Å². The number of ketones is 1. The third-order valence-electron chi connectivity index (χ3n) is 2.87. The molecule has 0 aliphatic heterocycles. The first-order valence-corrected chi connectivity index (χ1v) is 6.23. The third kappa shape index (κ3) is 3.92. The molecule has 0 spiro atoms. The van der Waals surface area contributed by atoms with Crippen molar-refractivity contribution in [3.05, 3.63) is 83.4 Å². The van der Waals surface area contributed by atoms with Crippen LogP contribution in [0.15, 0.2) is 66.7 Å². The van der Waals surface area contributed by atoms with Crippen molar-refractivity contribution in [2.24, 2.45) is 0 Å². The summed E-state index contributed by atoms with van der Waals surface area (Å²) < 4.78 is 0. The zero-order valence-electron chi connectivity index (χ0n) is 10.8. The summed E-state index contributed by atoms with van der Waals surface area (Å²) in [5.74, 6) is -1.43. The third-order valence-corrected chi connectivity index (χ3v) is 2.87. The lowest BCUT2D eigenvalue weighted by molar-refractivity contribution is -0.131. The summed E-state index contributed by atoms with van der Waals surface area (Å²) in [6.07, 6.45) is 2.72. The van der Waals surface area contributed by atoms with Gasteiger partial charge in [-0.15, -0.1) is 0 Å². The minimum Gasteiger partial charge on any atom is -0.478 e. The number of rotatable bonds is 5.